The molecule has 0 amide bonds. The molecule has 0 unspecified atom stereocenters. The zero-order chi connectivity index (χ0) is 16.5. The largest absolute Gasteiger partial charge is 0.490 e. The maximum Gasteiger partial charge on any atom is 0.252 e. The molecule has 2 rings (SSSR count). The first-order valence-electron chi connectivity index (χ1n) is 7.33. The van der Waals surface area contributed by atoms with Gasteiger partial charge in [0.25, 0.3) is 5.24 Å². The Morgan fingerprint density at radius 1 is 1.00 bits per heavy atom. The van der Waals surface area contributed by atoms with E-state index in [9.17, 15) is 4.79 Å². The Morgan fingerprint density at radius 2 is 1.78 bits per heavy atom. The molecule has 0 spiro atoms. The maximum atomic E-state index is 11.3. The van der Waals surface area contributed by atoms with Crippen LogP contribution in [0.4, 0.5) is 0 Å². The van der Waals surface area contributed by atoms with Crippen LogP contribution in [0.3, 0.4) is 0 Å². The van der Waals surface area contributed by atoms with E-state index in [2.05, 4.69) is 0 Å². The average Bonchev–Trinajstić information content (AvgIpc) is 2.58. The highest BCUT2D eigenvalue weighted by Gasteiger charge is 2.10. The van der Waals surface area contributed by atoms with Crippen LogP contribution >= 0.6 is 11.6 Å². The van der Waals surface area contributed by atoms with Gasteiger partial charge in [-0.1, -0.05) is 30.3 Å². The normalized spacial score (nSPS) is 10.3. The molecule has 5 heteroatoms. The Labute approximate surface area is 140 Å². The van der Waals surface area contributed by atoms with Crippen molar-refractivity contribution in [1.29, 1.82) is 0 Å². The van der Waals surface area contributed by atoms with Crippen molar-refractivity contribution in [1.82, 2.24) is 0 Å². The van der Waals surface area contributed by atoms with Gasteiger partial charge in [-0.15, -0.1) is 0 Å². The minimum Gasteiger partial charge on any atom is -0.490 e. The van der Waals surface area contributed by atoms with Gasteiger partial charge in [-0.25, -0.2) is 0 Å². The molecule has 2 aromatic rings. The second-order valence-corrected chi connectivity index (χ2v) is 5.25. The molecular weight excluding hydrogens is 316 g/mol. The van der Waals surface area contributed by atoms with Crippen LogP contribution in [-0.4, -0.2) is 25.6 Å². The molecule has 0 radical (unpaired) electrons. The lowest BCUT2D eigenvalue weighted by molar-refractivity contribution is 0.108. The summed E-state index contributed by atoms with van der Waals surface area (Å²) in [6.07, 6.45) is 0.744. The fourth-order valence-electron chi connectivity index (χ4n) is 1.98. The van der Waals surface area contributed by atoms with Gasteiger partial charge in [0, 0.05) is 25.7 Å². The lowest BCUT2D eigenvalue weighted by atomic mass is 10.2. The molecule has 122 valence electrons. The summed E-state index contributed by atoms with van der Waals surface area (Å²) < 4.78 is 16.5. The van der Waals surface area contributed by atoms with Crippen molar-refractivity contribution in [2.75, 3.05) is 20.3 Å². The molecule has 0 atom stereocenters. The fourth-order valence-corrected chi connectivity index (χ4v) is 2.10. The molecule has 0 bridgehead atoms. The Kier molecular flexibility index (Phi) is 6.91. The highest BCUT2D eigenvalue weighted by molar-refractivity contribution is 6.67. The van der Waals surface area contributed by atoms with E-state index in [0.717, 1.165) is 12.0 Å². The molecule has 0 N–H and O–H groups in total. The van der Waals surface area contributed by atoms with Crippen LogP contribution in [0.1, 0.15) is 22.3 Å². The van der Waals surface area contributed by atoms with Crippen LogP contribution in [-0.2, 0) is 11.3 Å². The first kappa shape index (κ1) is 17.3. The molecule has 0 saturated carbocycles. The number of halogens is 1. The zero-order valence-corrected chi connectivity index (χ0v) is 13.7. The summed E-state index contributed by atoms with van der Waals surface area (Å²) in [5.74, 6) is 1.08. The monoisotopic (exact) mass is 334 g/mol. The predicted molar refractivity (Wildman–Crippen MR) is 89.4 cm³/mol. The number of carbonyl (C=O) groups excluding carboxylic acids is 1. The van der Waals surface area contributed by atoms with Gasteiger partial charge in [0.1, 0.15) is 6.61 Å². The average molecular weight is 335 g/mol. The van der Waals surface area contributed by atoms with Crippen molar-refractivity contribution in [3.8, 4) is 11.5 Å². The first-order valence-corrected chi connectivity index (χ1v) is 7.71. The number of methoxy groups -OCH3 is 1. The lowest BCUT2D eigenvalue weighted by Gasteiger charge is -2.13. The molecule has 23 heavy (non-hydrogen) atoms. The summed E-state index contributed by atoms with van der Waals surface area (Å²) in [6, 6.07) is 14.7. The zero-order valence-electron chi connectivity index (χ0n) is 13.0. The molecule has 0 aromatic heterocycles. The van der Waals surface area contributed by atoms with Gasteiger partial charge < -0.3 is 14.2 Å². The topological polar surface area (TPSA) is 44.8 Å². The Bertz CT molecular complexity index is 628. The van der Waals surface area contributed by atoms with Gasteiger partial charge in [0.15, 0.2) is 11.5 Å². The summed E-state index contributed by atoms with van der Waals surface area (Å²) in [6.45, 7) is 1.49. The van der Waals surface area contributed by atoms with Crippen LogP contribution in [0.25, 0.3) is 0 Å². The second-order valence-electron chi connectivity index (χ2n) is 4.90. The number of hydrogen-bond acceptors (Lipinski definition) is 4. The Hall–Kier alpha value is -2.04. The van der Waals surface area contributed by atoms with Gasteiger partial charge in [0.05, 0.1) is 6.61 Å². The Morgan fingerprint density at radius 3 is 2.48 bits per heavy atom. The molecule has 0 heterocycles. The minimum absolute atomic E-state index is 0.375. The van der Waals surface area contributed by atoms with Crippen LogP contribution in [0.2, 0.25) is 0 Å². The van der Waals surface area contributed by atoms with Crippen molar-refractivity contribution < 1.29 is 19.0 Å². The molecule has 0 aliphatic heterocycles. The standard InChI is InChI=1S/C18H19ClO4/c1-21-10-5-11-22-17-12-15(18(19)20)8-9-16(17)23-13-14-6-3-2-4-7-14/h2-4,6-9,12H,5,10-11,13H2,1H3. The summed E-state index contributed by atoms with van der Waals surface area (Å²) >= 11 is 5.53. The van der Waals surface area contributed by atoms with Gasteiger partial charge in [0.2, 0.25) is 0 Å². The third-order valence-corrected chi connectivity index (χ3v) is 3.38. The third kappa shape index (κ3) is 5.58. The van der Waals surface area contributed by atoms with Crippen molar-refractivity contribution in [3.05, 3.63) is 59.7 Å². The first-order chi connectivity index (χ1) is 11.2. The van der Waals surface area contributed by atoms with Crippen LogP contribution < -0.4 is 9.47 Å². The van der Waals surface area contributed by atoms with Crippen molar-refractivity contribution in [2.45, 2.75) is 13.0 Å². The van der Waals surface area contributed by atoms with E-state index in [1.165, 1.54) is 0 Å². The van der Waals surface area contributed by atoms with E-state index in [1.54, 1.807) is 25.3 Å². The van der Waals surface area contributed by atoms with E-state index in [4.69, 9.17) is 25.8 Å². The summed E-state index contributed by atoms with van der Waals surface area (Å²) in [4.78, 5) is 11.3. The van der Waals surface area contributed by atoms with Gasteiger partial charge >= 0.3 is 0 Å². The molecule has 0 fully saturated rings. The van der Waals surface area contributed by atoms with Crippen LogP contribution in [0.5, 0.6) is 11.5 Å². The van der Waals surface area contributed by atoms with Crippen molar-refractivity contribution >= 4 is 16.8 Å². The van der Waals surface area contributed by atoms with E-state index < -0.39 is 5.24 Å². The SMILES string of the molecule is COCCCOc1cc(C(=O)Cl)ccc1OCc1ccccc1. The number of ether oxygens (including phenoxy) is 3. The predicted octanol–water partition coefficient (Wildman–Crippen LogP) is 4.06. The smallest absolute Gasteiger partial charge is 0.252 e. The second kappa shape index (κ2) is 9.18. The van der Waals surface area contributed by atoms with E-state index in [1.807, 2.05) is 30.3 Å². The lowest BCUT2D eigenvalue weighted by Crippen LogP contribution is -2.05. The van der Waals surface area contributed by atoms with E-state index >= 15 is 0 Å². The summed E-state index contributed by atoms with van der Waals surface area (Å²) in [7, 11) is 1.64. The van der Waals surface area contributed by atoms with Crippen LogP contribution in [0.15, 0.2) is 48.5 Å². The van der Waals surface area contributed by atoms with E-state index in [0.29, 0.717) is 36.9 Å². The fraction of sp³-hybridized carbons (Fsp3) is 0.278. The van der Waals surface area contributed by atoms with Gasteiger partial charge in [-0.3, -0.25) is 4.79 Å². The number of benzene rings is 2. The van der Waals surface area contributed by atoms with Crippen molar-refractivity contribution in [2.24, 2.45) is 0 Å². The number of hydrogen-bond donors (Lipinski definition) is 0. The summed E-state index contributed by atoms with van der Waals surface area (Å²) in [5, 5.41) is -0.527. The maximum absolute atomic E-state index is 11.3. The molecule has 0 saturated heterocycles. The molecule has 0 aliphatic rings. The minimum atomic E-state index is -0.527. The summed E-state index contributed by atoms with van der Waals surface area (Å²) in [5.41, 5.74) is 1.43. The number of carbonyl (C=O) groups is 1. The van der Waals surface area contributed by atoms with Gasteiger partial charge in [-0.2, -0.15) is 0 Å². The number of rotatable bonds is 9. The van der Waals surface area contributed by atoms with Gasteiger partial charge in [-0.05, 0) is 35.4 Å². The van der Waals surface area contributed by atoms with E-state index in [-0.39, 0.29) is 0 Å². The highest BCUT2D eigenvalue weighted by Crippen LogP contribution is 2.30. The highest BCUT2D eigenvalue weighted by atomic mass is 35.5. The van der Waals surface area contributed by atoms with Crippen LogP contribution in [0, 0.1) is 0 Å². The molecule has 4 nitrogen and oxygen atoms in total. The molecule has 2 aromatic carbocycles. The Balaban J connectivity index is 2.07. The third-order valence-electron chi connectivity index (χ3n) is 3.16. The molecule has 0 aliphatic carbocycles. The molecular formula is C18H19ClO4. The van der Waals surface area contributed by atoms with Crippen molar-refractivity contribution in [3.63, 3.8) is 0 Å². The quantitative estimate of drug-likeness (QED) is 0.512.